The van der Waals surface area contributed by atoms with Crippen molar-refractivity contribution >= 4 is 40.0 Å². The number of primary amides is 1. The zero-order chi connectivity index (χ0) is 25.8. The van der Waals surface area contributed by atoms with Gasteiger partial charge in [-0.1, -0.05) is 48.5 Å². The number of rotatable bonds is 7. The van der Waals surface area contributed by atoms with Gasteiger partial charge in [0, 0.05) is 48.5 Å². The predicted molar refractivity (Wildman–Crippen MR) is 143 cm³/mol. The van der Waals surface area contributed by atoms with Gasteiger partial charge < -0.3 is 21.1 Å². The van der Waals surface area contributed by atoms with Crippen LogP contribution in [0.25, 0.3) is 22.0 Å². The number of carbonyl (C=O) groups is 2. The molecule has 4 N–H and O–H groups in total. The Morgan fingerprint density at radius 1 is 1.00 bits per heavy atom. The number of nitrogens with one attached hydrogen (secondary N) is 2. The zero-order valence-electron chi connectivity index (χ0n) is 20.5. The first-order chi connectivity index (χ1) is 18.0. The van der Waals surface area contributed by atoms with Crippen LogP contribution < -0.4 is 16.4 Å². The lowest BCUT2D eigenvalue weighted by molar-refractivity contribution is -0.125. The quantitative estimate of drug-likeness (QED) is 0.355. The molecule has 0 radical (unpaired) electrons. The lowest BCUT2D eigenvalue weighted by Gasteiger charge is -2.32. The summed E-state index contributed by atoms with van der Waals surface area (Å²) >= 11 is 0. The summed E-state index contributed by atoms with van der Waals surface area (Å²) in [7, 11) is 0. The smallest absolute Gasteiger partial charge is 0.239 e. The first kappa shape index (κ1) is 24.4. The molecule has 3 aromatic carbocycles. The van der Waals surface area contributed by atoms with Gasteiger partial charge in [0.15, 0.2) is 0 Å². The van der Waals surface area contributed by atoms with E-state index in [0.717, 1.165) is 33.3 Å². The highest BCUT2D eigenvalue weighted by molar-refractivity contribution is 5.94. The van der Waals surface area contributed by atoms with E-state index in [0.29, 0.717) is 37.9 Å². The summed E-state index contributed by atoms with van der Waals surface area (Å²) in [6, 6.07) is 20.7. The fourth-order valence-corrected chi connectivity index (χ4v) is 4.59. The summed E-state index contributed by atoms with van der Waals surface area (Å²) in [4.78, 5) is 35.0. The number of fused-ring (bicyclic) bond motifs is 1. The number of ether oxygens (including phenoxy) is 1. The minimum absolute atomic E-state index is 0.137. The number of amides is 2. The maximum Gasteiger partial charge on any atom is 0.239 e. The second-order valence-electron chi connectivity index (χ2n) is 8.90. The molecule has 1 saturated heterocycles. The van der Waals surface area contributed by atoms with Crippen molar-refractivity contribution < 1.29 is 14.3 Å². The number of hydrogen-bond donors (Lipinski definition) is 3. The van der Waals surface area contributed by atoms with E-state index in [1.807, 2.05) is 66.7 Å². The zero-order valence-corrected chi connectivity index (χ0v) is 20.5. The van der Waals surface area contributed by atoms with Gasteiger partial charge in [-0.05, 0) is 29.3 Å². The van der Waals surface area contributed by atoms with Gasteiger partial charge in [-0.3, -0.25) is 14.5 Å². The lowest BCUT2D eigenvalue weighted by atomic mass is 9.98. The highest BCUT2D eigenvalue weighted by Crippen LogP contribution is 2.30. The highest BCUT2D eigenvalue weighted by Gasteiger charge is 2.27. The Morgan fingerprint density at radius 3 is 2.46 bits per heavy atom. The number of nitrogens with two attached hydrogens (primary N) is 1. The molecule has 1 aromatic heterocycles. The number of nitrogens with zero attached hydrogens (tertiary/aromatic N) is 3. The van der Waals surface area contributed by atoms with Gasteiger partial charge in [0.25, 0.3) is 0 Å². The first-order valence-corrected chi connectivity index (χ1v) is 12.1. The van der Waals surface area contributed by atoms with Crippen LogP contribution >= 0.6 is 0 Å². The van der Waals surface area contributed by atoms with Crippen LogP contribution in [0.5, 0.6) is 0 Å². The fourth-order valence-electron chi connectivity index (χ4n) is 4.59. The molecule has 4 aromatic rings. The normalized spacial score (nSPS) is 14.7. The van der Waals surface area contributed by atoms with Gasteiger partial charge in [0.2, 0.25) is 17.8 Å². The third kappa shape index (κ3) is 5.58. The lowest BCUT2D eigenvalue weighted by Crippen LogP contribution is -2.44. The number of para-hydroxylation sites is 1. The summed E-state index contributed by atoms with van der Waals surface area (Å²) in [5.41, 5.74) is 10.8. The predicted octanol–water partition coefficient (Wildman–Crippen LogP) is 3.86. The van der Waals surface area contributed by atoms with Gasteiger partial charge in [0.05, 0.1) is 18.7 Å². The molecule has 1 atom stereocenters. The molecule has 1 unspecified atom stereocenters. The van der Waals surface area contributed by atoms with E-state index in [1.54, 1.807) is 6.20 Å². The van der Waals surface area contributed by atoms with E-state index >= 15 is 0 Å². The van der Waals surface area contributed by atoms with Crippen molar-refractivity contribution in [3.8, 4) is 11.1 Å². The van der Waals surface area contributed by atoms with E-state index in [2.05, 4.69) is 20.5 Å². The Morgan fingerprint density at radius 2 is 1.73 bits per heavy atom. The van der Waals surface area contributed by atoms with Crippen molar-refractivity contribution in [1.82, 2.24) is 14.9 Å². The molecule has 188 valence electrons. The molecule has 0 saturated carbocycles. The van der Waals surface area contributed by atoms with Crippen LogP contribution in [0, 0.1) is 0 Å². The Hall–Kier alpha value is -4.34. The van der Waals surface area contributed by atoms with Crippen LogP contribution in [-0.4, -0.2) is 53.0 Å². The highest BCUT2D eigenvalue weighted by atomic mass is 16.5. The summed E-state index contributed by atoms with van der Waals surface area (Å²) in [5, 5.41) is 6.90. The van der Waals surface area contributed by atoms with E-state index < -0.39 is 6.04 Å². The second kappa shape index (κ2) is 10.7. The number of hydrogen-bond acceptors (Lipinski definition) is 7. The van der Waals surface area contributed by atoms with Crippen LogP contribution in [0.3, 0.4) is 0 Å². The van der Waals surface area contributed by atoms with Crippen LogP contribution in [0.2, 0.25) is 0 Å². The van der Waals surface area contributed by atoms with E-state index in [1.165, 1.54) is 6.92 Å². The Kier molecular flexibility index (Phi) is 7.07. The molecular formula is C28H28N6O3. The maximum atomic E-state index is 12.3. The maximum absolute atomic E-state index is 12.3. The van der Waals surface area contributed by atoms with E-state index in [-0.39, 0.29) is 11.8 Å². The van der Waals surface area contributed by atoms with Gasteiger partial charge in [-0.2, -0.15) is 0 Å². The molecule has 1 fully saturated rings. The SMILES string of the molecule is CC(=O)Nc1cccc(Nc2ncc3cccc(-c4ccc(C(C(N)=O)N5CCOCC5)cc4)c3n2)c1. The third-order valence-electron chi connectivity index (χ3n) is 6.27. The minimum Gasteiger partial charge on any atom is -0.379 e. The van der Waals surface area contributed by atoms with E-state index in [4.69, 9.17) is 15.5 Å². The van der Waals surface area contributed by atoms with Crippen molar-refractivity contribution in [2.75, 3.05) is 36.9 Å². The van der Waals surface area contributed by atoms with Gasteiger partial charge in [-0.25, -0.2) is 9.97 Å². The number of morpholine rings is 1. The summed E-state index contributed by atoms with van der Waals surface area (Å²) in [6.45, 7) is 3.98. The summed E-state index contributed by atoms with van der Waals surface area (Å²) in [5.74, 6) is -0.0645. The monoisotopic (exact) mass is 496 g/mol. The molecule has 2 amide bonds. The summed E-state index contributed by atoms with van der Waals surface area (Å²) in [6.07, 6.45) is 1.78. The average molecular weight is 497 g/mol. The standard InChI is InChI=1S/C28H28N6O3/c1-18(35)31-22-5-3-6-23(16-22)32-28-30-17-21-4-2-7-24(25(21)33-28)19-8-10-20(11-9-19)26(27(29)36)34-12-14-37-15-13-34/h2-11,16-17,26H,12-15H2,1H3,(H2,29,36)(H,31,35)(H,30,32,33). The van der Waals surface area contributed by atoms with Crippen molar-refractivity contribution in [2.45, 2.75) is 13.0 Å². The van der Waals surface area contributed by atoms with Gasteiger partial charge >= 0.3 is 0 Å². The van der Waals surface area contributed by atoms with Crippen molar-refractivity contribution in [3.05, 3.63) is 78.5 Å². The molecule has 9 nitrogen and oxygen atoms in total. The summed E-state index contributed by atoms with van der Waals surface area (Å²) < 4.78 is 5.42. The van der Waals surface area contributed by atoms with Crippen molar-refractivity contribution in [1.29, 1.82) is 0 Å². The van der Waals surface area contributed by atoms with Gasteiger partial charge in [0.1, 0.15) is 6.04 Å². The minimum atomic E-state index is -0.489. The van der Waals surface area contributed by atoms with Crippen LogP contribution in [-0.2, 0) is 14.3 Å². The van der Waals surface area contributed by atoms with E-state index in [9.17, 15) is 9.59 Å². The topological polar surface area (TPSA) is 122 Å². The van der Waals surface area contributed by atoms with Crippen LogP contribution in [0.1, 0.15) is 18.5 Å². The van der Waals surface area contributed by atoms with Crippen LogP contribution in [0.15, 0.2) is 72.9 Å². The second-order valence-corrected chi connectivity index (χ2v) is 8.90. The molecule has 1 aliphatic rings. The van der Waals surface area contributed by atoms with Crippen molar-refractivity contribution in [2.24, 2.45) is 5.73 Å². The molecule has 2 heterocycles. The molecular weight excluding hydrogens is 468 g/mol. The molecule has 0 bridgehead atoms. The van der Waals surface area contributed by atoms with Crippen LogP contribution in [0.4, 0.5) is 17.3 Å². The molecule has 0 spiro atoms. The van der Waals surface area contributed by atoms with Gasteiger partial charge in [-0.15, -0.1) is 0 Å². The number of carbonyl (C=O) groups excluding carboxylic acids is 2. The number of benzene rings is 3. The van der Waals surface area contributed by atoms with Crippen molar-refractivity contribution in [3.63, 3.8) is 0 Å². The largest absolute Gasteiger partial charge is 0.379 e. The Balaban J connectivity index is 1.43. The first-order valence-electron chi connectivity index (χ1n) is 12.1. The Labute approximate surface area is 214 Å². The number of aromatic nitrogens is 2. The molecule has 1 aliphatic heterocycles. The third-order valence-corrected chi connectivity index (χ3v) is 6.27. The fraction of sp³-hybridized carbons (Fsp3) is 0.214. The molecule has 0 aliphatic carbocycles. The number of anilines is 3. The molecule has 37 heavy (non-hydrogen) atoms. The molecule has 9 heteroatoms. The Bertz CT molecular complexity index is 1430. The average Bonchev–Trinajstić information content (AvgIpc) is 2.89. The molecule has 5 rings (SSSR count).